The molecule has 0 aliphatic rings. The number of hydrazine groups is 1. The molecule has 1 amide bonds. The normalized spacial score (nSPS) is 15.1. The van der Waals surface area contributed by atoms with Gasteiger partial charge in [0, 0.05) is 19.0 Å². The van der Waals surface area contributed by atoms with Crippen LogP contribution in [-0.4, -0.2) is 30.4 Å². The molecule has 0 aliphatic heterocycles. The van der Waals surface area contributed by atoms with Gasteiger partial charge in [0.25, 0.3) is 0 Å². The van der Waals surface area contributed by atoms with Crippen molar-refractivity contribution in [3.05, 3.63) is 0 Å². The van der Waals surface area contributed by atoms with Crippen LogP contribution in [0.15, 0.2) is 0 Å². The van der Waals surface area contributed by atoms with E-state index in [1.165, 1.54) is 6.42 Å². The van der Waals surface area contributed by atoms with E-state index in [2.05, 4.69) is 38.1 Å². The molecule has 0 spiro atoms. The molecule has 0 saturated carbocycles. The molecule has 0 aliphatic carbocycles. The lowest BCUT2D eigenvalue weighted by Crippen LogP contribution is -2.35. The summed E-state index contributed by atoms with van der Waals surface area (Å²) in [7, 11) is 2.11. The maximum Gasteiger partial charge on any atom is 0.233 e. The van der Waals surface area contributed by atoms with E-state index in [4.69, 9.17) is 5.84 Å². The van der Waals surface area contributed by atoms with Crippen molar-refractivity contribution in [3.8, 4) is 0 Å². The molecular formula is C11H25N3O. The fourth-order valence-corrected chi connectivity index (χ4v) is 1.43. The highest BCUT2D eigenvalue weighted by molar-refractivity contribution is 5.75. The third-order valence-electron chi connectivity index (χ3n) is 3.00. The van der Waals surface area contributed by atoms with Gasteiger partial charge in [0.2, 0.25) is 5.91 Å². The van der Waals surface area contributed by atoms with Crippen LogP contribution >= 0.6 is 0 Å². The second kappa shape index (κ2) is 7.65. The average Bonchev–Trinajstić information content (AvgIpc) is 2.24. The van der Waals surface area contributed by atoms with E-state index in [1.54, 1.807) is 0 Å². The smallest absolute Gasteiger partial charge is 0.233 e. The molecule has 4 heteroatoms. The summed E-state index contributed by atoms with van der Waals surface area (Å²) in [6, 6.07) is 0.427. The van der Waals surface area contributed by atoms with Gasteiger partial charge in [-0.2, -0.15) is 0 Å². The second-order valence-electron chi connectivity index (χ2n) is 4.41. The van der Waals surface area contributed by atoms with Crippen molar-refractivity contribution in [3.63, 3.8) is 0 Å². The molecule has 3 N–H and O–H groups in total. The van der Waals surface area contributed by atoms with E-state index in [0.717, 1.165) is 13.0 Å². The maximum absolute atomic E-state index is 11.0. The zero-order valence-corrected chi connectivity index (χ0v) is 10.4. The molecule has 0 saturated heterocycles. The zero-order chi connectivity index (χ0) is 11.8. The number of carbonyl (C=O) groups excluding carboxylic acids is 1. The third kappa shape index (κ3) is 6.47. The van der Waals surface area contributed by atoms with Crippen LogP contribution in [-0.2, 0) is 4.79 Å². The average molecular weight is 215 g/mol. The lowest BCUT2D eigenvalue weighted by atomic mass is 10.1. The van der Waals surface area contributed by atoms with E-state index in [9.17, 15) is 4.79 Å². The van der Waals surface area contributed by atoms with Crippen LogP contribution in [0.5, 0.6) is 0 Å². The Bertz CT molecular complexity index is 185. The van der Waals surface area contributed by atoms with Gasteiger partial charge in [-0.15, -0.1) is 0 Å². The highest BCUT2D eigenvalue weighted by atomic mass is 16.2. The minimum Gasteiger partial charge on any atom is -0.303 e. The summed E-state index contributed by atoms with van der Waals surface area (Å²) in [6.45, 7) is 7.68. The lowest BCUT2D eigenvalue weighted by Gasteiger charge is -2.27. The van der Waals surface area contributed by atoms with Crippen molar-refractivity contribution in [1.29, 1.82) is 0 Å². The molecule has 0 aromatic rings. The highest BCUT2D eigenvalue weighted by Crippen LogP contribution is 2.09. The molecule has 90 valence electrons. The van der Waals surface area contributed by atoms with Crippen LogP contribution in [0.1, 0.15) is 40.0 Å². The molecule has 0 heterocycles. The molecule has 0 fully saturated rings. The Labute approximate surface area is 93.2 Å². The Hall–Kier alpha value is -0.610. The number of hydrogen-bond acceptors (Lipinski definition) is 3. The molecule has 4 nitrogen and oxygen atoms in total. The predicted molar refractivity (Wildman–Crippen MR) is 63.1 cm³/mol. The van der Waals surface area contributed by atoms with Crippen LogP contribution in [0.25, 0.3) is 0 Å². The van der Waals surface area contributed by atoms with Crippen molar-refractivity contribution < 1.29 is 4.79 Å². The summed E-state index contributed by atoms with van der Waals surface area (Å²) in [4.78, 5) is 13.3. The van der Waals surface area contributed by atoms with Gasteiger partial charge in [0.05, 0.1) is 0 Å². The Morgan fingerprint density at radius 3 is 2.53 bits per heavy atom. The van der Waals surface area contributed by atoms with E-state index in [0.29, 0.717) is 18.4 Å². The van der Waals surface area contributed by atoms with Crippen molar-refractivity contribution in [2.75, 3.05) is 13.6 Å². The number of hydrogen-bond donors (Lipinski definition) is 2. The van der Waals surface area contributed by atoms with Crippen LogP contribution < -0.4 is 11.3 Å². The predicted octanol–water partition coefficient (Wildman–Crippen LogP) is 1.12. The summed E-state index contributed by atoms with van der Waals surface area (Å²) in [6.07, 6.45) is 2.55. The second-order valence-corrected chi connectivity index (χ2v) is 4.41. The fourth-order valence-electron chi connectivity index (χ4n) is 1.43. The van der Waals surface area contributed by atoms with E-state index < -0.39 is 0 Å². The van der Waals surface area contributed by atoms with Gasteiger partial charge in [-0.25, -0.2) is 5.84 Å². The largest absolute Gasteiger partial charge is 0.303 e. The Balaban J connectivity index is 3.78. The van der Waals surface area contributed by atoms with E-state index >= 15 is 0 Å². The third-order valence-corrected chi connectivity index (χ3v) is 3.00. The quantitative estimate of drug-likeness (QED) is 0.380. The number of rotatable bonds is 7. The van der Waals surface area contributed by atoms with E-state index in [1.807, 2.05) is 0 Å². The van der Waals surface area contributed by atoms with Crippen LogP contribution in [0, 0.1) is 5.92 Å². The Kier molecular flexibility index (Phi) is 7.34. The van der Waals surface area contributed by atoms with Gasteiger partial charge in [0.15, 0.2) is 0 Å². The van der Waals surface area contributed by atoms with Gasteiger partial charge in [-0.1, -0.05) is 20.3 Å². The van der Waals surface area contributed by atoms with Crippen LogP contribution in [0.4, 0.5) is 0 Å². The van der Waals surface area contributed by atoms with Crippen molar-refractivity contribution >= 4 is 5.91 Å². The molecule has 0 aromatic heterocycles. The van der Waals surface area contributed by atoms with Crippen LogP contribution in [0.3, 0.4) is 0 Å². The molecule has 0 bridgehead atoms. The van der Waals surface area contributed by atoms with Gasteiger partial charge >= 0.3 is 0 Å². The first kappa shape index (κ1) is 14.4. The number of nitrogens with two attached hydrogens (primary N) is 1. The lowest BCUT2D eigenvalue weighted by molar-refractivity contribution is -0.121. The van der Waals surface area contributed by atoms with E-state index in [-0.39, 0.29) is 5.91 Å². The molecule has 0 radical (unpaired) electrons. The summed E-state index contributed by atoms with van der Waals surface area (Å²) in [5.41, 5.74) is 2.15. The standard InChI is InChI=1S/C11H25N3O/c1-5-9(2)8-14(4)10(3)6-7-11(15)13-12/h9-10H,5-8,12H2,1-4H3,(H,13,15). The van der Waals surface area contributed by atoms with Gasteiger partial charge < -0.3 is 4.90 Å². The number of carbonyl (C=O) groups is 1. The molecule has 2 unspecified atom stereocenters. The molecule has 0 aromatic carbocycles. The minimum atomic E-state index is -0.0845. The SMILES string of the molecule is CCC(C)CN(C)C(C)CCC(=O)NN. The Morgan fingerprint density at radius 2 is 2.07 bits per heavy atom. The summed E-state index contributed by atoms with van der Waals surface area (Å²) in [5.74, 6) is 5.65. The van der Waals surface area contributed by atoms with Crippen molar-refractivity contribution in [2.24, 2.45) is 11.8 Å². The maximum atomic E-state index is 11.0. The first-order valence-corrected chi connectivity index (χ1v) is 5.70. The Morgan fingerprint density at radius 1 is 1.47 bits per heavy atom. The number of amides is 1. The summed E-state index contributed by atoms with van der Waals surface area (Å²) < 4.78 is 0. The highest BCUT2D eigenvalue weighted by Gasteiger charge is 2.12. The molecule has 2 atom stereocenters. The first-order valence-electron chi connectivity index (χ1n) is 5.70. The summed E-state index contributed by atoms with van der Waals surface area (Å²) >= 11 is 0. The summed E-state index contributed by atoms with van der Waals surface area (Å²) in [5, 5.41) is 0. The topological polar surface area (TPSA) is 58.4 Å². The molecular weight excluding hydrogens is 190 g/mol. The van der Waals surface area contributed by atoms with Crippen LogP contribution in [0.2, 0.25) is 0 Å². The van der Waals surface area contributed by atoms with Gasteiger partial charge in [-0.3, -0.25) is 10.2 Å². The number of nitrogens with one attached hydrogen (secondary N) is 1. The van der Waals surface area contributed by atoms with Crippen molar-refractivity contribution in [2.45, 2.75) is 46.1 Å². The zero-order valence-electron chi connectivity index (χ0n) is 10.4. The monoisotopic (exact) mass is 215 g/mol. The number of nitrogens with zero attached hydrogens (tertiary/aromatic N) is 1. The molecule has 15 heavy (non-hydrogen) atoms. The first-order chi connectivity index (χ1) is 7.01. The fraction of sp³-hybridized carbons (Fsp3) is 0.909. The van der Waals surface area contributed by atoms with Gasteiger partial charge in [-0.05, 0) is 26.3 Å². The van der Waals surface area contributed by atoms with Gasteiger partial charge in [0.1, 0.15) is 0 Å². The minimum absolute atomic E-state index is 0.0845. The van der Waals surface area contributed by atoms with Crippen molar-refractivity contribution in [1.82, 2.24) is 10.3 Å². The molecule has 0 rings (SSSR count).